The first-order chi connectivity index (χ1) is 11.2. The molecule has 4 fully saturated rings. The van der Waals surface area contributed by atoms with E-state index < -0.39 is 5.41 Å². The lowest BCUT2D eigenvalue weighted by Crippen LogP contribution is -2.47. The lowest BCUT2D eigenvalue weighted by Gasteiger charge is -2.48. The molecule has 126 valence electrons. The molecule has 0 radical (unpaired) electrons. The summed E-state index contributed by atoms with van der Waals surface area (Å²) in [7, 11) is 1.48. The molecule has 23 heavy (non-hydrogen) atoms. The van der Waals surface area contributed by atoms with E-state index in [0.29, 0.717) is 17.7 Å². The summed E-state index contributed by atoms with van der Waals surface area (Å²) in [6.45, 7) is 1.51. The van der Waals surface area contributed by atoms with Gasteiger partial charge in [-0.25, -0.2) is 0 Å². The molecular weight excluding hydrogens is 296 g/mol. The zero-order valence-corrected chi connectivity index (χ0v) is 13.6. The van der Waals surface area contributed by atoms with E-state index in [9.17, 15) is 4.79 Å². The standard InChI is InChI=1S/C17H24N2O4/c1-21-16(20)17-6-2-11(3-7-17)10-13(17)15-18-14(19-23-15)12-4-8-22-9-5-12/h11-13H,2-10H2,1H3. The number of fused-ring (bicyclic) bond motifs is 3. The van der Waals surface area contributed by atoms with Gasteiger partial charge >= 0.3 is 5.97 Å². The average Bonchev–Trinajstić information content (AvgIpc) is 3.12. The second kappa shape index (κ2) is 5.89. The molecule has 1 saturated heterocycles. The average molecular weight is 320 g/mol. The molecule has 3 saturated carbocycles. The van der Waals surface area contributed by atoms with Crippen molar-refractivity contribution in [2.45, 2.75) is 56.8 Å². The van der Waals surface area contributed by atoms with Gasteiger partial charge in [0.05, 0.1) is 18.4 Å². The number of nitrogens with zero attached hydrogens (tertiary/aromatic N) is 2. The van der Waals surface area contributed by atoms with Crippen molar-refractivity contribution in [1.29, 1.82) is 0 Å². The molecular formula is C17H24N2O4. The van der Waals surface area contributed by atoms with Gasteiger partial charge in [-0.3, -0.25) is 4.79 Å². The van der Waals surface area contributed by atoms with E-state index in [2.05, 4.69) is 5.16 Å². The SMILES string of the molecule is COC(=O)C12CCC(CC1)CC2c1nc(C2CCOCC2)no1. The third kappa shape index (κ3) is 2.47. The number of rotatable bonds is 3. The van der Waals surface area contributed by atoms with Crippen molar-refractivity contribution >= 4 is 5.97 Å². The summed E-state index contributed by atoms with van der Waals surface area (Å²) < 4.78 is 16.2. The van der Waals surface area contributed by atoms with Crippen LogP contribution in [0.15, 0.2) is 4.52 Å². The molecule has 1 aromatic heterocycles. The molecule has 0 amide bonds. The van der Waals surface area contributed by atoms with Crippen molar-refractivity contribution in [3.05, 3.63) is 11.7 Å². The highest BCUT2D eigenvalue weighted by Crippen LogP contribution is 2.58. The fourth-order valence-electron chi connectivity index (χ4n) is 4.73. The van der Waals surface area contributed by atoms with Crippen LogP contribution in [0.1, 0.15) is 68.5 Å². The fraction of sp³-hybridized carbons (Fsp3) is 0.824. The zero-order chi connectivity index (χ0) is 15.9. The van der Waals surface area contributed by atoms with Gasteiger partial charge in [-0.2, -0.15) is 4.98 Å². The summed E-state index contributed by atoms with van der Waals surface area (Å²) in [5.41, 5.74) is -0.455. The molecule has 2 bridgehead atoms. The van der Waals surface area contributed by atoms with Crippen molar-refractivity contribution in [3.63, 3.8) is 0 Å². The largest absolute Gasteiger partial charge is 0.469 e. The first kappa shape index (κ1) is 15.1. The number of methoxy groups -OCH3 is 1. The van der Waals surface area contributed by atoms with Crippen molar-refractivity contribution in [3.8, 4) is 0 Å². The highest BCUT2D eigenvalue weighted by Gasteiger charge is 2.56. The topological polar surface area (TPSA) is 74.5 Å². The van der Waals surface area contributed by atoms with E-state index in [4.69, 9.17) is 19.0 Å². The molecule has 5 rings (SSSR count). The van der Waals surface area contributed by atoms with E-state index in [-0.39, 0.29) is 11.9 Å². The van der Waals surface area contributed by atoms with Gasteiger partial charge in [-0.1, -0.05) is 5.16 Å². The van der Waals surface area contributed by atoms with Gasteiger partial charge in [-0.15, -0.1) is 0 Å². The molecule has 1 unspecified atom stereocenters. The minimum absolute atomic E-state index is 0.0172. The maximum Gasteiger partial charge on any atom is 0.312 e. The minimum Gasteiger partial charge on any atom is -0.469 e. The van der Waals surface area contributed by atoms with Crippen LogP contribution in [0.2, 0.25) is 0 Å². The summed E-state index contributed by atoms with van der Waals surface area (Å²) >= 11 is 0. The normalized spacial score (nSPS) is 34.5. The number of esters is 1. The summed E-state index contributed by atoms with van der Waals surface area (Å²) in [6.07, 6.45) is 6.81. The van der Waals surface area contributed by atoms with Crippen LogP contribution in [0.4, 0.5) is 0 Å². The Morgan fingerprint density at radius 3 is 2.65 bits per heavy atom. The Bertz CT molecular complexity index is 571. The number of carbonyl (C=O) groups is 1. The first-order valence-electron chi connectivity index (χ1n) is 8.72. The second-order valence-corrected chi connectivity index (χ2v) is 7.26. The Kier molecular flexibility index (Phi) is 3.87. The summed E-state index contributed by atoms with van der Waals surface area (Å²) in [6, 6.07) is 0. The predicted octanol–water partition coefficient (Wildman–Crippen LogP) is 2.80. The number of hydrogen-bond acceptors (Lipinski definition) is 6. The third-order valence-corrected chi connectivity index (χ3v) is 6.17. The molecule has 6 nitrogen and oxygen atoms in total. The molecule has 1 aromatic rings. The van der Waals surface area contributed by atoms with E-state index >= 15 is 0 Å². The Balaban J connectivity index is 1.61. The molecule has 1 atom stereocenters. The molecule has 0 spiro atoms. The van der Waals surface area contributed by atoms with Crippen LogP contribution >= 0.6 is 0 Å². The van der Waals surface area contributed by atoms with Gasteiger partial charge in [0.2, 0.25) is 5.89 Å². The van der Waals surface area contributed by atoms with Gasteiger partial charge in [0.1, 0.15) is 0 Å². The van der Waals surface area contributed by atoms with E-state index in [1.54, 1.807) is 0 Å². The predicted molar refractivity (Wildman–Crippen MR) is 80.9 cm³/mol. The van der Waals surface area contributed by atoms with E-state index in [1.807, 2.05) is 0 Å². The third-order valence-electron chi connectivity index (χ3n) is 6.17. The van der Waals surface area contributed by atoms with E-state index in [1.165, 1.54) is 7.11 Å². The van der Waals surface area contributed by atoms with E-state index in [0.717, 1.165) is 64.0 Å². The van der Waals surface area contributed by atoms with Gasteiger partial charge in [0.25, 0.3) is 0 Å². The highest BCUT2D eigenvalue weighted by atomic mass is 16.5. The smallest absolute Gasteiger partial charge is 0.312 e. The van der Waals surface area contributed by atoms with Crippen LogP contribution in [0, 0.1) is 11.3 Å². The summed E-state index contributed by atoms with van der Waals surface area (Å²) in [5.74, 6) is 2.32. The van der Waals surface area contributed by atoms with Crippen LogP contribution in [-0.2, 0) is 14.3 Å². The number of aromatic nitrogens is 2. The Labute approximate surface area is 135 Å². The Hall–Kier alpha value is -1.43. The summed E-state index contributed by atoms with van der Waals surface area (Å²) in [4.78, 5) is 17.2. The van der Waals surface area contributed by atoms with Crippen molar-refractivity contribution in [1.82, 2.24) is 10.1 Å². The Morgan fingerprint density at radius 1 is 1.22 bits per heavy atom. The molecule has 2 heterocycles. The van der Waals surface area contributed by atoms with Crippen molar-refractivity contribution in [2.75, 3.05) is 20.3 Å². The highest BCUT2D eigenvalue weighted by molar-refractivity contribution is 5.78. The molecule has 0 aromatic carbocycles. The van der Waals surface area contributed by atoms with Gasteiger partial charge in [0.15, 0.2) is 5.82 Å². The van der Waals surface area contributed by atoms with Gasteiger partial charge in [-0.05, 0) is 50.9 Å². The lowest BCUT2D eigenvalue weighted by atomic mass is 9.55. The summed E-state index contributed by atoms with van der Waals surface area (Å²) in [5, 5.41) is 4.22. The molecule has 3 aliphatic carbocycles. The van der Waals surface area contributed by atoms with Crippen LogP contribution in [-0.4, -0.2) is 36.4 Å². The second-order valence-electron chi connectivity index (χ2n) is 7.26. The first-order valence-corrected chi connectivity index (χ1v) is 8.72. The molecule has 4 aliphatic rings. The van der Waals surface area contributed by atoms with Crippen LogP contribution < -0.4 is 0 Å². The van der Waals surface area contributed by atoms with Gasteiger partial charge < -0.3 is 14.0 Å². The zero-order valence-electron chi connectivity index (χ0n) is 13.6. The molecule has 1 aliphatic heterocycles. The van der Waals surface area contributed by atoms with Gasteiger partial charge in [0, 0.05) is 19.1 Å². The number of carbonyl (C=O) groups excluding carboxylic acids is 1. The van der Waals surface area contributed by atoms with Crippen LogP contribution in [0.25, 0.3) is 0 Å². The lowest BCUT2D eigenvalue weighted by molar-refractivity contribution is -0.162. The Morgan fingerprint density at radius 2 is 1.96 bits per heavy atom. The van der Waals surface area contributed by atoms with Crippen molar-refractivity contribution < 1.29 is 18.8 Å². The quantitative estimate of drug-likeness (QED) is 0.797. The maximum absolute atomic E-state index is 12.5. The molecule has 0 N–H and O–H groups in total. The monoisotopic (exact) mass is 320 g/mol. The number of ether oxygens (including phenoxy) is 2. The minimum atomic E-state index is -0.455. The maximum atomic E-state index is 12.5. The van der Waals surface area contributed by atoms with Crippen LogP contribution in [0.3, 0.4) is 0 Å². The van der Waals surface area contributed by atoms with Crippen LogP contribution in [0.5, 0.6) is 0 Å². The van der Waals surface area contributed by atoms with Crippen molar-refractivity contribution in [2.24, 2.45) is 11.3 Å². The fourth-order valence-corrected chi connectivity index (χ4v) is 4.73. The molecule has 6 heteroatoms. The number of hydrogen-bond donors (Lipinski definition) is 0.